The van der Waals surface area contributed by atoms with Crippen molar-refractivity contribution in [2.24, 2.45) is 0 Å². The molecule has 4 heterocycles. The second-order valence-corrected chi connectivity index (χ2v) is 11.6. The third-order valence-electron chi connectivity index (χ3n) is 8.50. The number of benzene rings is 2. The highest BCUT2D eigenvalue weighted by atomic mass is 35.5. The average Bonchev–Trinajstić information content (AvgIpc) is 3.55. The van der Waals surface area contributed by atoms with Gasteiger partial charge in [-0.05, 0) is 37.1 Å². The van der Waals surface area contributed by atoms with Crippen LogP contribution in [0.25, 0.3) is 0 Å². The number of methoxy groups -OCH3 is 1. The molecule has 45 heavy (non-hydrogen) atoms. The fourth-order valence-corrected chi connectivity index (χ4v) is 6.38. The molecule has 3 saturated heterocycles. The largest absolute Gasteiger partial charge is 0.494 e. The number of hydrogen-bond acceptors (Lipinski definition) is 10. The van der Waals surface area contributed by atoms with E-state index >= 15 is 0 Å². The fraction of sp³-hybridized carbons (Fsp3) is 0.406. The van der Waals surface area contributed by atoms with Crippen LogP contribution in [0.2, 0.25) is 5.02 Å². The first kappa shape index (κ1) is 31.0. The Kier molecular flexibility index (Phi) is 9.64. The predicted molar refractivity (Wildman–Crippen MR) is 172 cm³/mol. The van der Waals surface area contributed by atoms with E-state index in [9.17, 15) is 9.18 Å². The van der Waals surface area contributed by atoms with Gasteiger partial charge in [0.05, 0.1) is 50.0 Å². The van der Waals surface area contributed by atoms with E-state index in [1.807, 2.05) is 12.1 Å². The Bertz CT molecular complexity index is 1530. The third-order valence-corrected chi connectivity index (χ3v) is 8.73. The monoisotopic (exact) mass is 637 g/mol. The summed E-state index contributed by atoms with van der Waals surface area (Å²) in [6.45, 7) is 9.21. The van der Waals surface area contributed by atoms with Crippen LogP contribution in [0.1, 0.15) is 30.9 Å². The number of ether oxygens (including phenoxy) is 2. The van der Waals surface area contributed by atoms with Crippen LogP contribution in [0.3, 0.4) is 0 Å². The Hall–Kier alpha value is -3.97. The highest BCUT2D eigenvalue weighted by Crippen LogP contribution is 2.41. The molecule has 0 radical (unpaired) electrons. The summed E-state index contributed by atoms with van der Waals surface area (Å²) in [5.41, 5.74) is 2.56. The Morgan fingerprint density at radius 3 is 2.60 bits per heavy atom. The quantitative estimate of drug-likeness (QED) is 0.299. The van der Waals surface area contributed by atoms with Crippen LogP contribution in [0.5, 0.6) is 5.75 Å². The molecule has 0 spiro atoms. The molecule has 2 N–H and O–H groups in total. The highest BCUT2D eigenvalue weighted by molar-refractivity contribution is 6.30. The van der Waals surface area contributed by atoms with Gasteiger partial charge in [-0.15, -0.1) is 0 Å². The van der Waals surface area contributed by atoms with E-state index in [1.165, 1.54) is 18.5 Å². The van der Waals surface area contributed by atoms with Crippen molar-refractivity contribution in [1.82, 2.24) is 14.9 Å². The maximum atomic E-state index is 14.8. The summed E-state index contributed by atoms with van der Waals surface area (Å²) < 4.78 is 26.1. The normalized spacial score (nSPS) is 19.4. The molecule has 3 aromatic rings. The average molecular weight is 638 g/mol. The Labute approximate surface area is 266 Å². The van der Waals surface area contributed by atoms with Crippen LogP contribution in [0.4, 0.5) is 33.1 Å². The van der Waals surface area contributed by atoms with Crippen molar-refractivity contribution >= 4 is 46.2 Å². The number of halogens is 2. The molecule has 6 rings (SSSR count). The zero-order valence-corrected chi connectivity index (χ0v) is 25.9. The molecule has 1 atom stereocenters. The minimum atomic E-state index is -0.403. The number of nitrogens with one attached hydrogen (secondary N) is 2. The highest BCUT2D eigenvalue weighted by Gasteiger charge is 2.32. The van der Waals surface area contributed by atoms with Crippen molar-refractivity contribution in [1.29, 1.82) is 0 Å². The van der Waals surface area contributed by atoms with Gasteiger partial charge in [0.1, 0.15) is 23.7 Å². The molecule has 238 valence electrons. The number of hydrogen-bond donors (Lipinski definition) is 2. The smallest absolute Gasteiger partial charge is 0.247 e. The van der Waals surface area contributed by atoms with Crippen LogP contribution < -0.4 is 25.3 Å². The van der Waals surface area contributed by atoms with E-state index in [-0.39, 0.29) is 11.9 Å². The lowest BCUT2D eigenvalue weighted by atomic mass is 10.0. The molecule has 3 aliphatic heterocycles. The number of morpholine rings is 1. The molecule has 1 aromatic heterocycles. The van der Waals surface area contributed by atoms with E-state index in [2.05, 4.69) is 37.0 Å². The van der Waals surface area contributed by atoms with Crippen molar-refractivity contribution in [2.75, 3.05) is 73.7 Å². The summed E-state index contributed by atoms with van der Waals surface area (Å²) in [6.07, 6.45) is 5.27. The molecule has 13 heteroatoms. The van der Waals surface area contributed by atoms with Crippen molar-refractivity contribution in [3.8, 4) is 5.75 Å². The van der Waals surface area contributed by atoms with Gasteiger partial charge in [0.2, 0.25) is 5.91 Å². The first-order valence-corrected chi connectivity index (χ1v) is 15.5. The van der Waals surface area contributed by atoms with Gasteiger partial charge in [0.25, 0.3) is 0 Å². The van der Waals surface area contributed by atoms with Crippen LogP contribution in [0, 0.1) is 5.82 Å². The minimum Gasteiger partial charge on any atom is -0.494 e. The number of rotatable bonds is 9. The number of nitrogens with zero attached hydrogens (tertiary/aromatic N) is 5. The first-order chi connectivity index (χ1) is 21.9. The van der Waals surface area contributed by atoms with E-state index < -0.39 is 5.82 Å². The third kappa shape index (κ3) is 6.99. The zero-order valence-electron chi connectivity index (χ0n) is 25.2. The second kappa shape index (κ2) is 14.0. The number of carbonyl (C=O) groups is 1. The summed E-state index contributed by atoms with van der Waals surface area (Å²) in [4.78, 5) is 32.0. The predicted octanol–water partition coefficient (Wildman–Crippen LogP) is 5.33. The molecule has 0 bridgehead atoms. The Morgan fingerprint density at radius 2 is 1.87 bits per heavy atom. The van der Waals surface area contributed by atoms with Crippen molar-refractivity contribution in [3.63, 3.8) is 0 Å². The van der Waals surface area contributed by atoms with Gasteiger partial charge in [-0.25, -0.2) is 19.4 Å². The van der Waals surface area contributed by atoms with E-state index in [4.69, 9.17) is 25.9 Å². The maximum Gasteiger partial charge on any atom is 0.247 e. The van der Waals surface area contributed by atoms with Crippen LogP contribution in [0.15, 0.2) is 55.4 Å². The number of piperidine rings is 1. The van der Waals surface area contributed by atoms with Crippen LogP contribution >= 0.6 is 11.6 Å². The van der Waals surface area contributed by atoms with Crippen molar-refractivity contribution in [2.45, 2.75) is 31.3 Å². The van der Waals surface area contributed by atoms with Crippen molar-refractivity contribution in [3.05, 3.63) is 71.8 Å². The van der Waals surface area contributed by atoms with Gasteiger partial charge in [-0.3, -0.25) is 14.5 Å². The van der Waals surface area contributed by atoms with E-state index in [1.54, 1.807) is 30.4 Å². The number of hydroxylamine groups is 1. The zero-order chi connectivity index (χ0) is 31.3. The lowest BCUT2D eigenvalue weighted by molar-refractivity contribution is -0.111. The van der Waals surface area contributed by atoms with Gasteiger partial charge in [0, 0.05) is 61.4 Å². The molecule has 11 nitrogen and oxygen atoms in total. The van der Waals surface area contributed by atoms with Gasteiger partial charge < -0.3 is 25.0 Å². The Morgan fingerprint density at radius 1 is 1.07 bits per heavy atom. The van der Waals surface area contributed by atoms with Gasteiger partial charge in [-0.2, -0.15) is 0 Å². The standard InChI is InChI=1S/C32H37ClFN7O4/c1-3-32(42)38-25-17-26(29(43-2)18-28(25)40-9-6-22(7-10-40)39-11-14-44-15-12-39)37-30-19-31(36-20-35-30)41-27(8-13-45-41)23-5-4-21(33)16-24(23)34/h3-5,16-20,22,27H,1,6-15H2,2H3,(H,38,42)(H,35,36,37)/t27-/m1/s1. The Balaban J connectivity index is 1.24. The van der Waals surface area contributed by atoms with Crippen LogP contribution in [-0.2, 0) is 14.4 Å². The molecule has 3 fully saturated rings. The maximum absolute atomic E-state index is 14.8. The lowest BCUT2D eigenvalue weighted by Crippen LogP contribution is -2.49. The topological polar surface area (TPSA) is 104 Å². The van der Waals surface area contributed by atoms with Gasteiger partial charge >= 0.3 is 0 Å². The van der Waals surface area contributed by atoms with Gasteiger partial charge in [-0.1, -0.05) is 24.2 Å². The van der Waals surface area contributed by atoms with E-state index in [0.717, 1.165) is 57.9 Å². The summed E-state index contributed by atoms with van der Waals surface area (Å²) in [5, 5.41) is 8.20. The molecule has 1 amide bonds. The molecular formula is C32H37ClFN7O4. The number of carbonyl (C=O) groups excluding carboxylic acids is 1. The molecule has 0 unspecified atom stereocenters. The summed E-state index contributed by atoms with van der Waals surface area (Å²) in [7, 11) is 1.60. The number of aromatic nitrogens is 2. The summed E-state index contributed by atoms with van der Waals surface area (Å²) in [6, 6.07) is 10.2. The number of anilines is 5. The van der Waals surface area contributed by atoms with Crippen LogP contribution in [-0.4, -0.2) is 79.9 Å². The molecule has 2 aromatic carbocycles. The van der Waals surface area contributed by atoms with E-state index in [0.29, 0.717) is 58.4 Å². The molecule has 3 aliphatic rings. The summed E-state index contributed by atoms with van der Waals surface area (Å²) in [5.74, 6) is 0.786. The molecule has 0 saturated carbocycles. The van der Waals surface area contributed by atoms with Gasteiger partial charge in [0.15, 0.2) is 5.82 Å². The second-order valence-electron chi connectivity index (χ2n) is 11.1. The summed E-state index contributed by atoms with van der Waals surface area (Å²) >= 11 is 5.98. The SMILES string of the molecule is C=CC(=O)Nc1cc(Nc2cc(N3OCC[C@@H]3c3ccc(Cl)cc3F)ncn2)c(OC)cc1N1CCC(N2CCOCC2)CC1. The lowest BCUT2D eigenvalue weighted by Gasteiger charge is -2.41. The minimum absolute atomic E-state index is 0.313. The first-order valence-electron chi connectivity index (χ1n) is 15.1. The number of amides is 1. The fourth-order valence-electron chi connectivity index (χ4n) is 6.22. The van der Waals surface area contributed by atoms with Crippen molar-refractivity contribution < 1.29 is 23.5 Å². The molecular weight excluding hydrogens is 601 g/mol. The molecule has 0 aliphatic carbocycles.